The maximum absolute atomic E-state index is 12.9. The third-order valence-corrected chi connectivity index (χ3v) is 4.88. The van der Waals surface area contributed by atoms with Gasteiger partial charge in [0.05, 0.1) is 19.0 Å². The normalized spacial score (nSPS) is 11.9. The largest absolute Gasteiger partial charge is 0.495 e. The number of carbonyl (C=O) groups is 1. The third-order valence-electron chi connectivity index (χ3n) is 4.49. The van der Waals surface area contributed by atoms with Crippen molar-refractivity contribution in [3.63, 3.8) is 0 Å². The van der Waals surface area contributed by atoms with E-state index in [4.69, 9.17) is 32.9 Å². The van der Waals surface area contributed by atoms with Crippen molar-refractivity contribution in [3.8, 4) is 22.6 Å². The fourth-order valence-corrected chi connectivity index (χ4v) is 3.35. The van der Waals surface area contributed by atoms with Crippen LogP contribution >= 0.6 is 23.5 Å². The van der Waals surface area contributed by atoms with Crippen LogP contribution in [-0.4, -0.2) is 46.1 Å². The Morgan fingerprint density at radius 3 is 2.53 bits per heavy atom. The van der Waals surface area contributed by atoms with E-state index in [0.29, 0.717) is 27.6 Å². The fourth-order valence-electron chi connectivity index (χ4n) is 3.07. The molecule has 0 bridgehead atoms. The van der Waals surface area contributed by atoms with E-state index in [1.54, 1.807) is 22.8 Å². The molecule has 2 aromatic heterocycles. The number of rotatable bonds is 8. The molecule has 158 valence electrons. The molecule has 11 heteroatoms. The minimum absolute atomic E-state index is 0.188. The second-order valence-electron chi connectivity index (χ2n) is 6.23. The summed E-state index contributed by atoms with van der Waals surface area (Å²) < 4.78 is 17.8. The Hall–Kier alpha value is -2.88. The number of methoxy groups -OCH3 is 2. The van der Waals surface area contributed by atoms with Crippen molar-refractivity contribution in [2.75, 3.05) is 20.8 Å². The summed E-state index contributed by atoms with van der Waals surface area (Å²) in [5.41, 5.74) is 1.34. The van der Waals surface area contributed by atoms with Crippen molar-refractivity contribution in [1.82, 2.24) is 19.3 Å². The zero-order chi connectivity index (χ0) is 21.7. The predicted molar refractivity (Wildman–Crippen MR) is 110 cm³/mol. The molecule has 0 spiro atoms. The van der Waals surface area contributed by atoms with Crippen molar-refractivity contribution in [3.05, 3.63) is 58.5 Å². The van der Waals surface area contributed by atoms with Crippen molar-refractivity contribution in [2.24, 2.45) is 0 Å². The van der Waals surface area contributed by atoms with Gasteiger partial charge in [-0.3, -0.25) is 13.9 Å². The van der Waals surface area contributed by atoms with Gasteiger partial charge in [-0.15, -0.1) is 10.2 Å². The predicted octanol–water partition coefficient (Wildman–Crippen LogP) is 3.03. The molecule has 0 aliphatic rings. The second kappa shape index (κ2) is 9.75. The quantitative estimate of drug-likeness (QED) is 0.517. The van der Waals surface area contributed by atoms with E-state index in [2.05, 4.69) is 14.5 Å². The van der Waals surface area contributed by atoms with E-state index < -0.39 is 17.6 Å². The van der Waals surface area contributed by atoms with Gasteiger partial charge < -0.3 is 13.8 Å². The monoisotopic (exact) mass is 452 g/mol. The van der Waals surface area contributed by atoms with Crippen LogP contribution in [0.15, 0.2) is 47.9 Å². The van der Waals surface area contributed by atoms with Gasteiger partial charge in [0.2, 0.25) is 0 Å². The van der Waals surface area contributed by atoms with Crippen molar-refractivity contribution in [2.45, 2.75) is 12.5 Å². The highest BCUT2D eigenvalue weighted by molar-refractivity contribution is 6.31. The Bertz CT molecular complexity index is 1090. The third kappa shape index (κ3) is 4.48. The summed E-state index contributed by atoms with van der Waals surface area (Å²) in [6.07, 6.45) is 4.67. The first-order chi connectivity index (χ1) is 14.5. The maximum Gasteiger partial charge on any atom is 0.347 e. The second-order valence-corrected chi connectivity index (χ2v) is 6.82. The van der Waals surface area contributed by atoms with Crippen LogP contribution in [0.3, 0.4) is 0 Å². The van der Waals surface area contributed by atoms with Crippen LogP contribution in [0.25, 0.3) is 16.8 Å². The molecular weight excluding hydrogens is 435 g/mol. The number of halogens is 2. The van der Waals surface area contributed by atoms with Crippen LogP contribution in [-0.2, 0) is 13.8 Å². The summed E-state index contributed by atoms with van der Waals surface area (Å²) in [5, 5.41) is 8.10. The van der Waals surface area contributed by atoms with Gasteiger partial charge >= 0.3 is 5.97 Å². The Balaban J connectivity index is 2.17. The van der Waals surface area contributed by atoms with Gasteiger partial charge in [-0.1, -0.05) is 11.6 Å². The number of carbonyl (C=O) groups excluding carboxylic acids is 1. The van der Waals surface area contributed by atoms with Crippen LogP contribution in [0.1, 0.15) is 12.5 Å². The SMILES string of the molecule is COCCC(C(=O)OCl)n1cc(OC)c(-c2cc(Cl)ccc2-n2cnnc2)cc1=O. The minimum atomic E-state index is -0.977. The number of nitrogens with zero attached hydrogens (tertiary/aromatic N) is 4. The van der Waals surface area contributed by atoms with E-state index >= 15 is 0 Å². The minimum Gasteiger partial charge on any atom is -0.495 e. The molecule has 0 N–H and O–H groups in total. The zero-order valence-corrected chi connectivity index (χ0v) is 17.6. The summed E-state index contributed by atoms with van der Waals surface area (Å²) >= 11 is 11.5. The lowest BCUT2D eigenvalue weighted by molar-refractivity contribution is -0.138. The zero-order valence-electron chi connectivity index (χ0n) is 16.1. The number of pyridine rings is 1. The first kappa shape index (κ1) is 21.8. The molecule has 1 atom stereocenters. The van der Waals surface area contributed by atoms with Gasteiger partial charge in [-0.05, 0) is 18.2 Å². The molecule has 0 saturated carbocycles. The molecule has 0 radical (unpaired) electrons. The van der Waals surface area contributed by atoms with Gasteiger partial charge in [0.25, 0.3) is 5.56 Å². The van der Waals surface area contributed by atoms with Crippen LogP contribution < -0.4 is 10.3 Å². The molecule has 0 fully saturated rings. The lowest BCUT2D eigenvalue weighted by Crippen LogP contribution is -2.30. The van der Waals surface area contributed by atoms with Crippen LogP contribution in [0.2, 0.25) is 5.02 Å². The number of aromatic nitrogens is 4. The van der Waals surface area contributed by atoms with E-state index in [0.717, 1.165) is 0 Å². The molecule has 0 aliphatic heterocycles. The standard InChI is InChI=1S/C19H18Cl2N4O5/c1-28-6-5-16(19(27)30-21)25-9-17(29-2)14(8-18(25)26)13-7-12(20)3-4-15(13)24-10-22-23-11-24/h3-4,7-11,16H,5-6H2,1-2H3. The molecule has 0 saturated heterocycles. The average molecular weight is 453 g/mol. The maximum atomic E-state index is 12.9. The molecule has 1 aromatic carbocycles. The number of hydrogen-bond acceptors (Lipinski definition) is 7. The van der Waals surface area contributed by atoms with Crippen molar-refractivity contribution >= 4 is 29.4 Å². The summed E-state index contributed by atoms with van der Waals surface area (Å²) in [4.78, 5) is 25.1. The number of ether oxygens (including phenoxy) is 2. The molecule has 3 aromatic rings. The molecule has 0 amide bonds. The summed E-state index contributed by atoms with van der Waals surface area (Å²) in [7, 11) is 2.95. The molecule has 30 heavy (non-hydrogen) atoms. The van der Waals surface area contributed by atoms with E-state index in [-0.39, 0.29) is 13.0 Å². The Morgan fingerprint density at radius 1 is 1.17 bits per heavy atom. The Labute approximate surface area is 181 Å². The molecule has 9 nitrogen and oxygen atoms in total. The van der Waals surface area contributed by atoms with E-state index in [9.17, 15) is 9.59 Å². The highest BCUT2D eigenvalue weighted by Gasteiger charge is 2.25. The highest BCUT2D eigenvalue weighted by atomic mass is 35.5. The first-order valence-corrected chi connectivity index (χ1v) is 9.45. The van der Waals surface area contributed by atoms with Crippen LogP contribution in [0, 0.1) is 0 Å². The molecular formula is C19H18Cl2N4O5. The van der Waals surface area contributed by atoms with Gasteiger partial charge in [-0.25, -0.2) is 4.79 Å². The molecule has 1 unspecified atom stereocenters. The van der Waals surface area contributed by atoms with E-state index in [1.165, 1.54) is 43.7 Å². The van der Waals surface area contributed by atoms with Crippen molar-refractivity contribution in [1.29, 1.82) is 0 Å². The lowest BCUT2D eigenvalue weighted by Gasteiger charge is -2.19. The average Bonchev–Trinajstić information content (AvgIpc) is 3.29. The van der Waals surface area contributed by atoms with Gasteiger partial charge in [0.15, 0.2) is 0 Å². The topological polar surface area (TPSA) is 97.5 Å². The molecule has 3 rings (SSSR count). The Morgan fingerprint density at radius 2 is 1.90 bits per heavy atom. The number of benzene rings is 1. The summed E-state index contributed by atoms with van der Waals surface area (Å²) in [6, 6.07) is 5.58. The highest BCUT2D eigenvalue weighted by Crippen LogP contribution is 2.35. The fraction of sp³-hybridized carbons (Fsp3) is 0.263. The smallest absolute Gasteiger partial charge is 0.347 e. The van der Waals surface area contributed by atoms with Gasteiger partial charge in [-0.2, -0.15) is 0 Å². The number of hydrogen-bond donors (Lipinski definition) is 0. The molecule has 0 aliphatic carbocycles. The van der Waals surface area contributed by atoms with Crippen LogP contribution in [0.4, 0.5) is 0 Å². The van der Waals surface area contributed by atoms with Gasteiger partial charge in [0.1, 0.15) is 36.3 Å². The Kier molecular flexibility index (Phi) is 7.09. The van der Waals surface area contributed by atoms with E-state index in [1.807, 2.05) is 0 Å². The van der Waals surface area contributed by atoms with Gasteiger partial charge in [0, 0.05) is 42.4 Å². The first-order valence-electron chi connectivity index (χ1n) is 8.76. The van der Waals surface area contributed by atoms with Crippen LogP contribution in [0.5, 0.6) is 5.75 Å². The molecule has 2 heterocycles. The summed E-state index contributed by atoms with van der Waals surface area (Å²) in [5.74, 6) is -0.436. The van der Waals surface area contributed by atoms with Crippen molar-refractivity contribution < 1.29 is 18.6 Å². The summed E-state index contributed by atoms with van der Waals surface area (Å²) in [6.45, 7) is 0.221. The lowest BCUT2D eigenvalue weighted by atomic mass is 10.0.